The van der Waals surface area contributed by atoms with E-state index in [9.17, 15) is 9.50 Å². The molecule has 0 spiro atoms. The van der Waals surface area contributed by atoms with Crippen molar-refractivity contribution in [2.75, 3.05) is 12.3 Å². The van der Waals surface area contributed by atoms with Crippen molar-refractivity contribution in [3.8, 4) is 0 Å². The summed E-state index contributed by atoms with van der Waals surface area (Å²) in [7, 11) is 0. The maximum Gasteiger partial charge on any atom is 0.167 e. The molecule has 8 nitrogen and oxygen atoms in total. The standard InChI is InChI=1S/C10H12FN5O3/c11-5-4(1-17)19-10(7(5)18)16-3-15-6-8(12)13-2-14-9(6)16/h2-5,7,10,17-18H,1H2,(H2,12,13,14)/t4-,5+,7+,10-/m1/s1. The van der Waals surface area contributed by atoms with Crippen LogP contribution in [-0.2, 0) is 4.74 Å². The van der Waals surface area contributed by atoms with Gasteiger partial charge in [0.25, 0.3) is 0 Å². The maximum atomic E-state index is 13.7. The number of nitrogens with two attached hydrogens (primary N) is 1. The number of nitrogens with zero attached hydrogens (tertiary/aromatic N) is 4. The summed E-state index contributed by atoms with van der Waals surface area (Å²) < 4.78 is 20.3. The lowest BCUT2D eigenvalue weighted by atomic mass is 10.1. The van der Waals surface area contributed by atoms with E-state index in [-0.39, 0.29) is 5.82 Å². The summed E-state index contributed by atoms with van der Waals surface area (Å²) in [5, 5.41) is 18.8. The zero-order valence-electron chi connectivity index (χ0n) is 9.72. The number of imidazole rings is 1. The Hall–Kier alpha value is -1.84. The zero-order chi connectivity index (χ0) is 13.6. The molecule has 3 heterocycles. The Morgan fingerprint density at radius 1 is 1.42 bits per heavy atom. The van der Waals surface area contributed by atoms with Crippen molar-refractivity contribution in [3.05, 3.63) is 12.7 Å². The van der Waals surface area contributed by atoms with Gasteiger partial charge in [-0.2, -0.15) is 0 Å². The van der Waals surface area contributed by atoms with Crippen LogP contribution in [0.1, 0.15) is 6.23 Å². The van der Waals surface area contributed by atoms with Gasteiger partial charge in [-0.15, -0.1) is 0 Å². The first-order valence-corrected chi connectivity index (χ1v) is 5.65. The van der Waals surface area contributed by atoms with Crippen LogP contribution in [0, 0.1) is 0 Å². The highest BCUT2D eigenvalue weighted by Gasteiger charge is 2.45. The lowest BCUT2D eigenvalue weighted by Gasteiger charge is -2.15. The smallest absolute Gasteiger partial charge is 0.167 e. The average molecular weight is 269 g/mol. The van der Waals surface area contributed by atoms with Crippen molar-refractivity contribution < 1.29 is 19.3 Å². The lowest BCUT2D eigenvalue weighted by Crippen LogP contribution is -2.29. The molecule has 2 aromatic heterocycles. The fourth-order valence-corrected chi connectivity index (χ4v) is 2.14. The number of aromatic nitrogens is 4. The monoisotopic (exact) mass is 269 g/mol. The number of nitrogen functional groups attached to an aromatic ring is 1. The summed E-state index contributed by atoms with van der Waals surface area (Å²) >= 11 is 0. The average Bonchev–Trinajstić information content (AvgIpc) is 2.94. The third-order valence-corrected chi connectivity index (χ3v) is 3.13. The molecule has 1 saturated heterocycles. The Morgan fingerprint density at radius 3 is 2.89 bits per heavy atom. The summed E-state index contributed by atoms with van der Waals surface area (Å²) in [6, 6.07) is 0. The second kappa shape index (κ2) is 4.37. The van der Waals surface area contributed by atoms with E-state index in [0.29, 0.717) is 11.2 Å². The molecule has 0 saturated carbocycles. The Morgan fingerprint density at radius 2 is 2.21 bits per heavy atom. The van der Waals surface area contributed by atoms with Crippen LogP contribution in [0.3, 0.4) is 0 Å². The minimum Gasteiger partial charge on any atom is -0.394 e. The van der Waals surface area contributed by atoms with E-state index >= 15 is 0 Å². The molecule has 4 atom stereocenters. The summed E-state index contributed by atoms with van der Waals surface area (Å²) in [6.07, 6.45) is -2.58. The summed E-state index contributed by atoms with van der Waals surface area (Å²) in [5.74, 6) is 0.187. The van der Waals surface area contributed by atoms with Crippen molar-refractivity contribution in [1.29, 1.82) is 0 Å². The molecule has 4 N–H and O–H groups in total. The predicted molar refractivity (Wildman–Crippen MR) is 61.6 cm³/mol. The Kier molecular flexibility index (Phi) is 2.81. The van der Waals surface area contributed by atoms with Gasteiger partial charge in [0.05, 0.1) is 12.9 Å². The van der Waals surface area contributed by atoms with Crippen LogP contribution in [0.25, 0.3) is 11.2 Å². The molecule has 19 heavy (non-hydrogen) atoms. The summed E-state index contributed by atoms with van der Waals surface area (Å²) in [5.41, 5.74) is 6.32. The number of aliphatic hydroxyl groups excluding tert-OH is 2. The molecule has 0 amide bonds. The number of ether oxygens (including phenoxy) is 1. The van der Waals surface area contributed by atoms with Crippen LogP contribution in [0.5, 0.6) is 0 Å². The number of hydrogen-bond acceptors (Lipinski definition) is 7. The second-order valence-corrected chi connectivity index (χ2v) is 4.27. The highest BCUT2D eigenvalue weighted by molar-refractivity contribution is 5.81. The van der Waals surface area contributed by atoms with E-state index < -0.39 is 31.2 Å². The third-order valence-electron chi connectivity index (χ3n) is 3.13. The lowest BCUT2D eigenvalue weighted by molar-refractivity contribution is -0.0495. The molecular weight excluding hydrogens is 257 g/mol. The number of anilines is 1. The van der Waals surface area contributed by atoms with E-state index in [2.05, 4.69) is 15.0 Å². The minimum absolute atomic E-state index is 0.187. The number of halogens is 1. The van der Waals surface area contributed by atoms with Crippen LogP contribution in [-0.4, -0.2) is 54.7 Å². The summed E-state index contributed by atoms with van der Waals surface area (Å²) in [6.45, 7) is -0.515. The van der Waals surface area contributed by atoms with Gasteiger partial charge in [-0.1, -0.05) is 0 Å². The van der Waals surface area contributed by atoms with Crippen LogP contribution in [0.2, 0.25) is 0 Å². The molecule has 0 unspecified atom stereocenters. The van der Waals surface area contributed by atoms with E-state index in [0.717, 1.165) is 0 Å². The Labute approximate surface area is 106 Å². The molecule has 1 aliphatic rings. The molecule has 0 aromatic carbocycles. The van der Waals surface area contributed by atoms with E-state index in [1.54, 1.807) is 0 Å². The maximum absolute atomic E-state index is 13.7. The predicted octanol–water partition coefficient (Wildman–Crippen LogP) is -1.00. The largest absolute Gasteiger partial charge is 0.394 e. The highest BCUT2D eigenvalue weighted by atomic mass is 19.1. The van der Waals surface area contributed by atoms with Gasteiger partial charge in [0.1, 0.15) is 24.1 Å². The van der Waals surface area contributed by atoms with Gasteiger partial charge in [-0.25, -0.2) is 19.3 Å². The molecule has 0 radical (unpaired) electrons. The Balaban J connectivity index is 2.04. The topological polar surface area (TPSA) is 119 Å². The van der Waals surface area contributed by atoms with Gasteiger partial charge < -0.3 is 20.7 Å². The van der Waals surface area contributed by atoms with Crippen LogP contribution in [0.4, 0.5) is 10.2 Å². The highest BCUT2D eigenvalue weighted by Crippen LogP contribution is 2.33. The number of rotatable bonds is 2. The molecule has 0 bridgehead atoms. The molecular formula is C10H12FN5O3. The van der Waals surface area contributed by atoms with Gasteiger partial charge in [0, 0.05) is 0 Å². The molecule has 1 aliphatic heterocycles. The third kappa shape index (κ3) is 1.74. The van der Waals surface area contributed by atoms with Crippen LogP contribution < -0.4 is 5.73 Å². The molecule has 0 aliphatic carbocycles. The van der Waals surface area contributed by atoms with Crippen LogP contribution >= 0.6 is 0 Å². The second-order valence-electron chi connectivity index (χ2n) is 4.27. The van der Waals surface area contributed by atoms with Gasteiger partial charge in [0.2, 0.25) is 0 Å². The fraction of sp³-hybridized carbons (Fsp3) is 0.500. The number of alkyl halides is 1. The fourth-order valence-electron chi connectivity index (χ4n) is 2.14. The van der Waals surface area contributed by atoms with Crippen LogP contribution in [0.15, 0.2) is 12.7 Å². The van der Waals surface area contributed by atoms with Gasteiger partial charge in [-0.3, -0.25) is 4.57 Å². The number of hydrogen-bond donors (Lipinski definition) is 3. The molecule has 1 fully saturated rings. The first kappa shape index (κ1) is 12.2. The Bertz CT molecular complexity index is 606. The molecule has 3 rings (SSSR count). The van der Waals surface area contributed by atoms with Crippen molar-refractivity contribution in [2.24, 2.45) is 0 Å². The first-order valence-electron chi connectivity index (χ1n) is 5.65. The molecule has 9 heteroatoms. The number of aliphatic hydroxyl groups is 2. The zero-order valence-corrected chi connectivity index (χ0v) is 9.72. The van der Waals surface area contributed by atoms with Crippen molar-refractivity contribution in [3.63, 3.8) is 0 Å². The molecule has 102 valence electrons. The van der Waals surface area contributed by atoms with Crippen molar-refractivity contribution in [1.82, 2.24) is 19.5 Å². The SMILES string of the molecule is Nc1ncnc2c1ncn2[C@@H]1O[C@H](CO)[C@H](F)[C@@H]1O. The number of fused-ring (bicyclic) bond motifs is 1. The molecule has 2 aromatic rings. The van der Waals surface area contributed by atoms with E-state index in [1.807, 2.05) is 0 Å². The first-order chi connectivity index (χ1) is 9.13. The van der Waals surface area contributed by atoms with Gasteiger partial charge in [-0.05, 0) is 0 Å². The summed E-state index contributed by atoms with van der Waals surface area (Å²) in [4.78, 5) is 11.8. The normalized spacial score (nSPS) is 31.1. The van der Waals surface area contributed by atoms with E-state index in [1.165, 1.54) is 17.2 Å². The quantitative estimate of drug-likeness (QED) is 0.639. The minimum atomic E-state index is -1.67. The van der Waals surface area contributed by atoms with Gasteiger partial charge in [0.15, 0.2) is 23.9 Å². The van der Waals surface area contributed by atoms with Gasteiger partial charge >= 0.3 is 0 Å². The van der Waals surface area contributed by atoms with Crippen molar-refractivity contribution in [2.45, 2.75) is 24.6 Å². The van der Waals surface area contributed by atoms with Crippen molar-refractivity contribution >= 4 is 17.0 Å². The van der Waals surface area contributed by atoms with E-state index in [4.69, 9.17) is 15.6 Å².